The second-order valence-corrected chi connectivity index (χ2v) is 11.2. The summed E-state index contributed by atoms with van der Waals surface area (Å²) in [6, 6.07) is 3.40. The minimum atomic E-state index is -1.19. The number of ether oxygens (including phenoxy) is 2. The third-order valence-corrected chi connectivity index (χ3v) is 7.77. The molecule has 4 rings (SSSR count). The molecule has 6 heteroatoms. The van der Waals surface area contributed by atoms with Crippen molar-refractivity contribution < 1.29 is 23.8 Å². The first-order valence-electron chi connectivity index (χ1n) is 12.8. The number of aliphatic hydroxyl groups is 1. The lowest BCUT2D eigenvalue weighted by atomic mass is 9.47. The Kier molecular flexibility index (Phi) is 7.12. The second-order valence-electron chi connectivity index (χ2n) is 11.2. The van der Waals surface area contributed by atoms with Gasteiger partial charge in [0.05, 0.1) is 0 Å². The fraction of sp³-hybridized carbons (Fsp3) is 0.679. The van der Waals surface area contributed by atoms with E-state index in [1.54, 1.807) is 18.1 Å². The molecule has 1 aromatic rings. The topological polar surface area (TPSA) is 59.0 Å². The van der Waals surface area contributed by atoms with Crippen molar-refractivity contribution in [3.05, 3.63) is 40.7 Å². The number of amides is 1. The van der Waals surface area contributed by atoms with Crippen LogP contribution >= 0.6 is 0 Å². The average Bonchev–Trinajstić information content (AvgIpc) is 2.81. The summed E-state index contributed by atoms with van der Waals surface area (Å²) in [6.45, 7) is 7.21. The molecule has 1 spiro atoms. The second kappa shape index (κ2) is 9.62. The average molecular weight is 474 g/mol. The van der Waals surface area contributed by atoms with Gasteiger partial charge in [0.15, 0.2) is 0 Å². The van der Waals surface area contributed by atoms with E-state index in [-0.39, 0.29) is 11.9 Å². The van der Waals surface area contributed by atoms with Crippen LogP contribution in [-0.2, 0) is 20.5 Å². The first kappa shape index (κ1) is 25.2. The smallest absolute Gasteiger partial charge is 0.410 e. The van der Waals surface area contributed by atoms with Crippen LogP contribution in [0.1, 0.15) is 95.2 Å². The van der Waals surface area contributed by atoms with Gasteiger partial charge in [0.1, 0.15) is 17.0 Å². The van der Waals surface area contributed by atoms with Gasteiger partial charge in [-0.3, -0.25) is 0 Å². The number of hydrogen-bond acceptors (Lipinski definition) is 4. The van der Waals surface area contributed by atoms with E-state index in [0.29, 0.717) is 31.7 Å². The van der Waals surface area contributed by atoms with Gasteiger partial charge in [0, 0.05) is 37.8 Å². The van der Waals surface area contributed by atoms with Gasteiger partial charge in [-0.1, -0.05) is 12.1 Å². The summed E-state index contributed by atoms with van der Waals surface area (Å²) in [6.07, 6.45) is 9.40. The van der Waals surface area contributed by atoms with Crippen LogP contribution in [0, 0.1) is 5.82 Å². The van der Waals surface area contributed by atoms with E-state index in [0.717, 1.165) is 68.1 Å². The monoisotopic (exact) mass is 473 g/mol. The summed E-state index contributed by atoms with van der Waals surface area (Å²) in [5, 5.41) is 12.4. The first-order valence-corrected chi connectivity index (χ1v) is 12.8. The molecule has 1 aliphatic heterocycles. The predicted molar refractivity (Wildman–Crippen MR) is 131 cm³/mol. The Bertz CT molecular complexity index is 952. The summed E-state index contributed by atoms with van der Waals surface area (Å²) in [5.74, 6) is -0.253. The molecule has 34 heavy (non-hydrogen) atoms. The van der Waals surface area contributed by atoms with Crippen LogP contribution in [0.5, 0.6) is 0 Å². The molecule has 0 saturated carbocycles. The van der Waals surface area contributed by atoms with Crippen molar-refractivity contribution in [1.82, 2.24) is 4.90 Å². The zero-order valence-electron chi connectivity index (χ0n) is 21.2. The minimum Gasteiger partial charge on any atom is -0.444 e. The van der Waals surface area contributed by atoms with E-state index in [1.165, 1.54) is 0 Å². The number of benzene rings is 1. The Balaban J connectivity index is 1.74. The number of rotatable bonds is 6. The number of piperidine rings is 1. The van der Waals surface area contributed by atoms with Crippen LogP contribution in [-0.4, -0.2) is 48.5 Å². The number of halogens is 1. The molecule has 2 atom stereocenters. The van der Waals surface area contributed by atoms with Gasteiger partial charge in [0.25, 0.3) is 0 Å². The third-order valence-electron chi connectivity index (χ3n) is 7.77. The van der Waals surface area contributed by atoms with Crippen LogP contribution in [0.15, 0.2) is 18.2 Å². The van der Waals surface area contributed by atoms with Crippen LogP contribution in [0.2, 0.25) is 0 Å². The number of likely N-dealkylation sites (tertiary alicyclic amines) is 1. The molecule has 188 valence electrons. The van der Waals surface area contributed by atoms with Crippen LogP contribution < -0.4 is 0 Å². The summed E-state index contributed by atoms with van der Waals surface area (Å²) in [7, 11) is 1.68. The first-order chi connectivity index (χ1) is 16.1. The maximum absolute atomic E-state index is 15.3. The van der Waals surface area contributed by atoms with Gasteiger partial charge in [-0.2, -0.15) is 0 Å². The highest BCUT2D eigenvalue weighted by molar-refractivity contribution is 5.76. The van der Waals surface area contributed by atoms with Gasteiger partial charge in [-0.25, -0.2) is 9.18 Å². The Morgan fingerprint density at radius 3 is 2.68 bits per heavy atom. The normalized spacial score (nSPS) is 26.6. The zero-order valence-corrected chi connectivity index (χ0v) is 21.2. The van der Waals surface area contributed by atoms with E-state index in [9.17, 15) is 9.90 Å². The summed E-state index contributed by atoms with van der Waals surface area (Å²) < 4.78 is 26.2. The van der Waals surface area contributed by atoms with Gasteiger partial charge < -0.3 is 19.5 Å². The molecule has 5 nitrogen and oxygen atoms in total. The van der Waals surface area contributed by atoms with E-state index in [1.807, 2.05) is 26.8 Å². The zero-order chi connectivity index (χ0) is 24.6. The Labute approximate surface area is 203 Å². The highest BCUT2D eigenvalue weighted by Gasteiger charge is 2.64. The van der Waals surface area contributed by atoms with Gasteiger partial charge >= 0.3 is 6.09 Å². The molecule has 3 aliphatic rings. The molecule has 1 N–H and O–H groups in total. The van der Waals surface area contributed by atoms with Crippen LogP contribution in [0.3, 0.4) is 0 Å². The maximum Gasteiger partial charge on any atom is 0.410 e. The van der Waals surface area contributed by atoms with Crippen molar-refractivity contribution in [1.29, 1.82) is 0 Å². The number of methoxy groups -OCH3 is 1. The number of unbranched alkanes of at least 4 members (excludes halogenated alkanes) is 1. The molecule has 1 aromatic carbocycles. The van der Waals surface area contributed by atoms with Gasteiger partial charge in [-0.15, -0.1) is 0 Å². The summed E-state index contributed by atoms with van der Waals surface area (Å²) >= 11 is 0. The Morgan fingerprint density at radius 2 is 2.00 bits per heavy atom. The number of nitrogens with zero attached hydrogens (tertiary/aromatic N) is 1. The lowest BCUT2D eigenvalue weighted by Gasteiger charge is -2.61. The fourth-order valence-electron chi connectivity index (χ4n) is 6.27. The molecule has 0 bridgehead atoms. The fourth-order valence-corrected chi connectivity index (χ4v) is 6.27. The molecular formula is C28H40FNO4. The summed E-state index contributed by atoms with van der Waals surface area (Å²) in [5.41, 5.74) is 0.993. The van der Waals surface area contributed by atoms with Crippen molar-refractivity contribution in [3.8, 4) is 0 Å². The van der Waals surface area contributed by atoms with E-state index < -0.39 is 16.6 Å². The lowest BCUT2D eigenvalue weighted by Crippen LogP contribution is -2.66. The van der Waals surface area contributed by atoms with Crippen molar-refractivity contribution in [2.75, 3.05) is 26.8 Å². The SMILES string of the molecule is COCCCCC1(O)c2c(ccc(F)c2C2=CCCCC2)C12CCCN(C(=O)OC(C)(C)C)C2. The third kappa shape index (κ3) is 4.39. The highest BCUT2D eigenvalue weighted by atomic mass is 19.1. The minimum absolute atomic E-state index is 0.253. The molecule has 1 amide bonds. The number of hydrogen-bond donors (Lipinski definition) is 1. The molecule has 2 aliphatic carbocycles. The number of carbonyl (C=O) groups is 1. The number of carbonyl (C=O) groups excluding carboxylic acids is 1. The van der Waals surface area contributed by atoms with Crippen molar-refractivity contribution >= 4 is 11.7 Å². The van der Waals surface area contributed by atoms with Crippen LogP contribution in [0.25, 0.3) is 5.57 Å². The number of allylic oxidation sites excluding steroid dienone is 2. The number of fused-ring (bicyclic) bond motifs is 2. The highest BCUT2D eigenvalue weighted by Crippen LogP contribution is 2.63. The van der Waals surface area contributed by atoms with Gasteiger partial charge in [-0.05, 0) is 101 Å². The molecule has 0 radical (unpaired) electrons. The molecule has 1 fully saturated rings. The van der Waals surface area contributed by atoms with E-state index in [2.05, 4.69) is 6.08 Å². The standard InChI is InChI=1S/C28H40FNO4/c1-26(2,3)34-25(31)30-17-10-15-27(19-30)21-13-14-22(29)23(20-11-6-5-7-12-20)24(21)28(27,32)16-8-9-18-33-4/h11,13-14,32H,5-10,12,15-19H2,1-4H3. The molecule has 1 heterocycles. The largest absolute Gasteiger partial charge is 0.444 e. The van der Waals surface area contributed by atoms with Crippen molar-refractivity contribution in [2.24, 2.45) is 0 Å². The van der Waals surface area contributed by atoms with Gasteiger partial charge in [0.2, 0.25) is 0 Å². The lowest BCUT2D eigenvalue weighted by molar-refractivity contribution is -0.115. The van der Waals surface area contributed by atoms with Crippen molar-refractivity contribution in [3.63, 3.8) is 0 Å². The molecular weight excluding hydrogens is 433 g/mol. The summed E-state index contributed by atoms with van der Waals surface area (Å²) in [4.78, 5) is 14.7. The van der Waals surface area contributed by atoms with Crippen molar-refractivity contribution in [2.45, 2.75) is 95.2 Å². The van der Waals surface area contributed by atoms with E-state index in [4.69, 9.17) is 9.47 Å². The predicted octanol–water partition coefficient (Wildman–Crippen LogP) is 6.07. The Morgan fingerprint density at radius 1 is 1.21 bits per heavy atom. The van der Waals surface area contributed by atoms with E-state index >= 15 is 4.39 Å². The quantitative estimate of drug-likeness (QED) is 0.510. The Hall–Kier alpha value is -1.92. The maximum atomic E-state index is 15.3. The molecule has 1 saturated heterocycles. The van der Waals surface area contributed by atoms with Crippen LogP contribution in [0.4, 0.5) is 9.18 Å². The molecule has 2 unspecified atom stereocenters. The molecule has 0 aromatic heterocycles.